The summed E-state index contributed by atoms with van der Waals surface area (Å²) in [4.78, 5) is 11.9. The topological polar surface area (TPSA) is 51.1 Å². The van der Waals surface area contributed by atoms with E-state index >= 15 is 0 Å². The van der Waals surface area contributed by atoms with Crippen molar-refractivity contribution >= 4 is 12.2 Å². The molecule has 0 aliphatic carbocycles. The van der Waals surface area contributed by atoms with Crippen molar-refractivity contribution in [1.82, 2.24) is 5.01 Å². The fourth-order valence-electron chi connectivity index (χ4n) is 2.41. The number of esters is 1. The zero-order chi connectivity index (χ0) is 15.9. The van der Waals surface area contributed by atoms with Crippen LogP contribution in [0, 0.1) is 5.92 Å². The first-order valence-corrected chi connectivity index (χ1v) is 7.87. The number of ether oxygens (including phenoxy) is 2. The Morgan fingerprint density at radius 1 is 1.48 bits per heavy atom. The van der Waals surface area contributed by atoms with Crippen LogP contribution in [0.1, 0.15) is 53.4 Å². The van der Waals surface area contributed by atoms with Gasteiger partial charge in [0.2, 0.25) is 0 Å². The van der Waals surface area contributed by atoms with Crippen molar-refractivity contribution in [3.05, 3.63) is 0 Å². The summed E-state index contributed by atoms with van der Waals surface area (Å²) in [5, 5.41) is 6.65. The largest absolute Gasteiger partial charge is 0.460 e. The van der Waals surface area contributed by atoms with Gasteiger partial charge in [0.05, 0.1) is 19.1 Å². The van der Waals surface area contributed by atoms with Crippen molar-refractivity contribution in [1.29, 1.82) is 0 Å². The van der Waals surface area contributed by atoms with Gasteiger partial charge in [-0.3, -0.25) is 9.80 Å². The summed E-state index contributed by atoms with van der Waals surface area (Å²) in [6, 6.07) is 0.366. The number of hydrogen-bond acceptors (Lipinski definition) is 5. The third-order valence-electron chi connectivity index (χ3n) is 3.50. The summed E-state index contributed by atoms with van der Waals surface area (Å²) in [7, 11) is 1.72. The highest BCUT2D eigenvalue weighted by Crippen LogP contribution is 2.18. The van der Waals surface area contributed by atoms with Crippen molar-refractivity contribution in [2.24, 2.45) is 11.0 Å². The van der Waals surface area contributed by atoms with Gasteiger partial charge in [0.15, 0.2) is 0 Å². The van der Waals surface area contributed by atoms with Crippen molar-refractivity contribution in [2.45, 2.75) is 65.0 Å². The molecule has 0 aromatic rings. The minimum atomic E-state index is -0.426. The van der Waals surface area contributed by atoms with Crippen LogP contribution in [-0.4, -0.2) is 49.1 Å². The average molecular weight is 298 g/mol. The normalized spacial score (nSPS) is 21.0. The first-order chi connectivity index (χ1) is 9.85. The number of carbonyl (C=O) groups excluding carboxylic acids is 1. The maximum absolute atomic E-state index is 11.9. The lowest BCUT2D eigenvalue weighted by Crippen LogP contribution is -2.29. The molecule has 1 saturated heterocycles. The van der Waals surface area contributed by atoms with Crippen LogP contribution in [0.5, 0.6) is 0 Å². The summed E-state index contributed by atoms with van der Waals surface area (Å²) < 4.78 is 10.6. The predicted molar refractivity (Wildman–Crippen MR) is 84.3 cm³/mol. The molecular formula is C16H30N2O3. The smallest absolute Gasteiger partial charge is 0.306 e. The van der Waals surface area contributed by atoms with Gasteiger partial charge in [0.1, 0.15) is 5.60 Å². The van der Waals surface area contributed by atoms with Crippen LogP contribution in [0.15, 0.2) is 5.10 Å². The molecule has 0 saturated carbocycles. The summed E-state index contributed by atoms with van der Waals surface area (Å²) >= 11 is 0. The molecule has 1 rings (SSSR count). The Kier molecular flexibility index (Phi) is 7.15. The van der Waals surface area contributed by atoms with Crippen LogP contribution in [0.25, 0.3) is 0 Å². The zero-order valence-corrected chi connectivity index (χ0v) is 14.1. The quantitative estimate of drug-likeness (QED) is 0.536. The fraction of sp³-hybridized carbons (Fsp3) is 0.875. The van der Waals surface area contributed by atoms with E-state index in [1.807, 2.05) is 27.0 Å². The minimum Gasteiger partial charge on any atom is -0.460 e. The predicted octanol–water partition coefficient (Wildman–Crippen LogP) is 2.84. The lowest BCUT2D eigenvalue weighted by Gasteiger charge is -2.22. The molecule has 1 aliphatic rings. The monoisotopic (exact) mass is 298 g/mol. The van der Waals surface area contributed by atoms with E-state index in [0.29, 0.717) is 19.1 Å². The zero-order valence-electron chi connectivity index (χ0n) is 14.1. The Morgan fingerprint density at radius 2 is 2.19 bits per heavy atom. The Hall–Kier alpha value is -1.10. The second-order valence-electron chi connectivity index (χ2n) is 6.64. The first kappa shape index (κ1) is 18.0. The summed E-state index contributed by atoms with van der Waals surface area (Å²) in [5.41, 5.74) is -0.426. The standard InChI is InChI=1S/C16H30N2O3/c1-6-13(10-15(19)21-16(2,3)4)11-17-18-9-7-8-14(18)12-20-5/h11,13-14H,6-10,12H2,1-5H3/b17-11+/t13-,14-/m0/s1. The molecule has 1 aliphatic heterocycles. The van der Waals surface area contributed by atoms with Gasteiger partial charge in [0, 0.05) is 25.8 Å². The van der Waals surface area contributed by atoms with Crippen molar-refractivity contribution in [3.8, 4) is 0 Å². The lowest BCUT2D eigenvalue weighted by atomic mass is 10.0. The van der Waals surface area contributed by atoms with Gasteiger partial charge in [-0.05, 0) is 40.0 Å². The van der Waals surface area contributed by atoms with Crippen molar-refractivity contribution < 1.29 is 14.3 Å². The highest BCUT2D eigenvalue weighted by Gasteiger charge is 2.23. The molecule has 1 fully saturated rings. The molecule has 5 heteroatoms. The van der Waals surface area contributed by atoms with E-state index in [9.17, 15) is 4.79 Å². The number of nitrogens with zero attached hydrogens (tertiary/aromatic N) is 2. The van der Waals surface area contributed by atoms with E-state index in [-0.39, 0.29) is 11.9 Å². The van der Waals surface area contributed by atoms with Crippen LogP contribution >= 0.6 is 0 Å². The van der Waals surface area contributed by atoms with Gasteiger partial charge in [-0.1, -0.05) is 6.92 Å². The van der Waals surface area contributed by atoms with Crippen molar-refractivity contribution in [3.63, 3.8) is 0 Å². The number of rotatable bonds is 7. The average Bonchev–Trinajstić information content (AvgIpc) is 2.80. The molecule has 0 radical (unpaired) electrons. The van der Waals surface area contributed by atoms with E-state index in [1.165, 1.54) is 0 Å². The second-order valence-corrected chi connectivity index (χ2v) is 6.64. The molecule has 0 bridgehead atoms. The molecule has 1 heterocycles. The molecule has 0 aromatic carbocycles. The van der Waals surface area contributed by atoms with E-state index in [0.717, 1.165) is 25.8 Å². The van der Waals surface area contributed by atoms with Gasteiger partial charge in [-0.15, -0.1) is 0 Å². The molecule has 122 valence electrons. The molecule has 0 spiro atoms. The van der Waals surface area contributed by atoms with Crippen molar-refractivity contribution in [2.75, 3.05) is 20.3 Å². The highest BCUT2D eigenvalue weighted by atomic mass is 16.6. The Bertz CT molecular complexity index is 350. The molecule has 0 aromatic heterocycles. The lowest BCUT2D eigenvalue weighted by molar-refractivity contribution is -0.155. The third kappa shape index (κ3) is 6.93. The Balaban J connectivity index is 2.49. The maximum Gasteiger partial charge on any atom is 0.306 e. The van der Waals surface area contributed by atoms with Crippen LogP contribution in [0.3, 0.4) is 0 Å². The molecule has 21 heavy (non-hydrogen) atoms. The molecule has 0 unspecified atom stereocenters. The second kappa shape index (κ2) is 8.37. The molecular weight excluding hydrogens is 268 g/mol. The number of carbonyl (C=O) groups is 1. The number of methoxy groups -OCH3 is 1. The van der Waals surface area contributed by atoms with E-state index in [4.69, 9.17) is 9.47 Å². The molecule has 0 N–H and O–H groups in total. The van der Waals surface area contributed by atoms with Gasteiger partial charge >= 0.3 is 5.97 Å². The summed E-state index contributed by atoms with van der Waals surface area (Å²) in [5.74, 6) is -0.0284. The minimum absolute atomic E-state index is 0.128. The van der Waals surface area contributed by atoms with Crippen LogP contribution in [0.4, 0.5) is 0 Å². The molecule has 0 amide bonds. The van der Waals surface area contributed by atoms with Crippen LogP contribution < -0.4 is 0 Å². The Labute approximate surface area is 128 Å². The molecule has 2 atom stereocenters. The summed E-state index contributed by atoms with van der Waals surface area (Å²) in [6.07, 6.45) is 5.44. The van der Waals surface area contributed by atoms with Gasteiger partial charge in [-0.25, -0.2) is 0 Å². The van der Waals surface area contributed by atoms with E-state index in [2.05, 4.69) is 17.0 Å². The Morgan fingerprint density at radius 3 is 2.76 bits per heavy atom. The fourth-order valence-corrected chi connectivity index (χ4v) is 2.41. The summed E-state index contributed by atoms with van der Waals surface area (Å²) in [6.45, 7) is 9.41. The van der Waals surface area contributed by atoms with Crippen LogP contribution in [0.2, 0.25) is 0 Å². The number of hydrazone groups is 1. The van der Waals surface area contributed by atoms with E-state index < -0.39 is 5.60 Å². The number of hydrogen-bond donors (Lipinski definition) is 0. The SMILES string of the molecule is CC[C@H](/C=N/N1CCC[C@H]1COC)CC(=O)OC(C)(C)C. The van der Waals surface area contributed by atoms with Gasteiger partial charge in [-0.2, -0.15) is 5.10 Å². The van der Waals surface area contributed by atoms with Crippen LogP contribution in [-0.2, 0) is 14.3 Å². The van der Waals surface area contributed by atoms with Gasteiger partial charge in [0.25, 0.3) is 0 Å². The first-order valence-electron chi connectivity index (χ1n) is 7.87. The molecule has 5 nitrogen and oxygen atoms in total. The highest BCUT2D eigenvalue weighted by molar-refractivity contribution is 5.75. The maximum atomic E-state index is 11.9. The third-order valence-corrected chi connectivity index (χ3v) is 3.50. The van der Waals surface area contributed by atoms with E-state index in [1.54, 1.807) is 7.11 Å². The van der Waals surface area contributed by atoms with Gasteiger partial charge < -0.3 is 9.47 Å².